The third-order valence-electron chi connectivity index (χ3n) is 0.523. The van der Waals surface area contributed by atoms with E-state index in [0.29, 0.717) is 6.42 Å². The summed E-state index contributed by atoms with van der Waals surface area (Å²) >= 11 is 0. The Hall–Kier alpha value is -0.380. The summed E-state index contributed by atoms with van der Waals surface area (Å²) in [6.45, 7) is 1.72. The van der Waals surface area contributed by atoms with Gasteiger partial charge < -0.3 is 15.2 Å². The van der Waals surface area contributed by atoms with Crippen molar-refractivity contribution in [2.45, 2.75) is 13.3 Å². The molecule has 1 atom stereocenters. The molecule has 0 aliphatic heterocycles. The SMILES string of the molecule is CCC(N)=O.CO[PH](=O)O. The standard InChI is InChI=1S/C3H7NO.CH5O3P/c1-2-3(4)5;1-4-5(2)3/h2H2,1H3,(H2,4,5);5H,1H3,(H,2,3). The first-order valence-corrected chi connectivity index (χ1v) is 3.86. The van der Waals surface area contributed by atoms with Gasteiger partial charge in [-0.05, 0) is 0 Å². The molecule has 0 saturated carbocycles. The molecule has 0 radical (unpaired) electrons. The van der Waals surface area contributed by atoms with Crippen LogP contribution in [0.3, 0.4) is 0 Å². The van der Waals surface area contributed by atoms with Crippen molar-refractivity contribution >= 4 is 14.2 Å². The van der Waals surface area contributed by atoms with Crippen molar-refractivity contribution in [1.82, 2.24) is 0 Å². The molecule has 0 saturated heterocycles. The van der Waals surface area contributed by atoms with Crippen LogP contribution in [0, 0.1) is 0 Å². The molecule has 0 rings (SSSR count). The Morgan fingerprint density at radius 1 is 1.80 bits per heavy atom. The Bertz CT molecular complexity index is 102. The van der Waals surface area contributed by atoms with E-state index in [1.807, 2.05) is 0 Å². The third kappa shape index (κ3) is 25.5. The van der Waals surface area contributed by atoms with E-state index in [4.69, 9.17) is 4.89 Å². The van der Waals surface area contributed by atoms with Gasteiger partial charge in [-0.3, -0.25) is 9.36 Å². The maximum atomic E-state index is 9.59. The zero-order chi connectivity index (χ0) is 8.57. The van der Waals surface area contributed by atoms with Gasteiger partial charge in [-0.2, -0.15) is 0 Å². The zero-order valence-corrected chi connectivity index (χ0v) is 6.96. The van der Waals surface area contributed by atoms with Gasteiger partial charge >= 0.3 is 8.25 Å². The van der Waals surface area contributed by atoms with Gasteiger partial charge in [-0.1, -0.05) is 6.92 Å². The lowest BCUT2D eigenvalue weighted by Crippen LogP contribution is -2.06. The summed E-state index contributed by atoms with van der Waals surface area (Å²) in [5.41, 5.74) is 4.65. The maximum absolute atomic E-state index is 9.59. The van der Waals surface area contributed by atoms with Gasteiger partial charge in [0.1, 0.15) is 0 Å². The first-order chi connectivity index (χ1) is 4.54. The molecule has 0 bridgehead atoms. The van der Waals surface area contributed by atoms with Crippen LogP contribution in [0.15, 0.2) is 0 Å². The van der Waals surface area contributed by atoms with E-state index in [-0.39, 0.29) is 5.91 Å². The topological polar surface area (TPSA) is 89.6 Å². The molecule has 0 fully saturated rings. The molecule has 0 aliphatic rings. The fourth-order valence-corrected chi connectivity index (χ4v) is 0. The molecule has 3 N–H and O–H groups in total. The minimum Gasteiger partial charge on any atom is -0.370 e. The van der Waals surface area contributed by atoms with Crippen LogP contribution in [0.1, 0.15) is 13.3 Å². The number of rotatable bonds is 2. The lowest BCUT2D eigenvalue weighted by atomic mass is 10.5. The van der Waals surface area contributed by atoms with Gasteiger partial charge in [-0.25, -0.2) is 0 Å². The first-order valence-electron chi connectivity index (χ1n) is 2.59. The highest BCUT2D eigenvalue weighted by atomic mass is 31.1. The van der Waals surface area contributed by atoms with Gasteiger partial charge in [-0.15, -0.1) is 0 Å². The van der Waals surface area contributed by atoms with Crippen molar-refractivity contribution in [2.75, 3.05) is 7.11 Å². The summed E-state index contributed by atoms with van der Waals surface area (Å²) in [6.07, 6.45) is 0.444. The summed E-state index contributed by atoms with van der Waals surface area (Å²) in [5, 5.41) is 0. The maximum Gasteiger partial charge on any atom is 0.316 e. The van der Waals surface area contributed by atoms with E-state index in [2.05, 4.69) is 10.3 Å². The van der Waals surface area contributed by atoms with Gasteiger partial charge in [0, 0.05) is 13.5 Å². The first kappa shape index (κ1) is 12.3. The van der Waals surface area contributed by atoms with Gasteiger partial charge in [0.15, 0.2) is 0 Å². The molecule has 0 aromatic carbocycles. The second-order valence-corrected chi connectivity index (χ2v) is 2.23. The Labute approximate surface area is 60.1 Å². The molecule has 0 aromatic rings. The van der Waals surface area contributed by atoms with E-state index in [1.54, 1.807) is 6.92 Å². The van der Waals surface area contributed by atoms with Crippen LogP contribution < -0.4 is 5.73 Å². The van der Waals surface area contributed by atoms with Crippen LogP contribution in [0.25, 0.3) is 0 Å². The van der Waals surface area contributed by atoms with Crippen molar-refractivity contribution in [3.05, 3.63) is 0 Å². The number of carbonyl (C=O) groups excluding carboxylic acids is 1. The molecule has 1 amide bonds. The van der Waals surface area contributed by atoms with Crippen LogP contribution >= 0.6 is 8.25 Å². The molecule has 5 nitrogen and oxygen atoms in total. The van der Waals surface area contributed by atoms with Crippen LogP contribution in [-0.2, 0) is 13.9 Å². The minimum absolute atomic E-state index is 0.245. The summed E-state index contributed by atoms with van der Waals surface area (Å²) in [7, 11) is -1.44. The quantitative estimate of drug-likeness (QED) is 0.564. The zero-order valence-electron chi connectivity index (χ0n) is 5.96. The largest absolute Gasteiger partial charge is 0.370 e. The normalized spacial score (nSPS) is 11.1. The number of hydrogen-bond donors (Lipinski definition) is 2. The smallest absolute Gasteiger partial charge is 0.316 e. The molecule has 6 heteroatoms. The highest BCUT2D eigenvalue weighted by molar-refractivity contribution is 7.32. The predicted molar refractivity (Wildman–Crippen MR) is 37.7 cm³/mol. The lowest BCUT2D eigenvalue weighted by molar-refractivity contribution is -0.117. The summed E-state index contributed by atoms with van der Waals surface area (Å²) < 4.78 is 13.2. The van der Waals surface area contributed by atoms with Crippen LogP contribution in [0.5, 0.6) is 0 Å². The average Bonchev–Trinajstić information content (AvgIpc) is 1.89. The Morgan fingerprint density at radius 3 is 2.00 bits per heavy atom. The van der Waals surface area contributed by atoms with Crippen LogP contribution in [0.2, 0.25) is 0 Å². The van der Waals surface area contributed by atoms with E-state index in [0.717, 1.165) is 0 Å². The van der Waals surface area contributed by atoms with Gasteiger partial charge in [0.2, 0.25) is 5.91 Å². The van der Waals surface area contributed by atoms with Crippen LogP contribution in [-0.4, -0.2) is 17.9 Å². The lowest BCUT2D eigenvalue weighted by Gasteiger charge is -1.78. The summed E-state index contributed by atoms with van der Waals surface area (Å²) in [5.74, 6) is -0.245. The predicted octanol–water partition coefficient (Wildman–Crippen LogP) is -0.104. The number of hydrogen-bond acceptors (Lipinski definition) is 3. The second kappa shape index (κ2) is 8.62. The highest BCUT2D eigenvalue weighted by Gasteiger charge is 1.77. The van der Waals surface area contributed by atoms with E-state index >= 15 is 0 Å². The van der Waals surface area contributed by atoms with Crippen LogP contribution in [0.4, 0.5) is 0 Å². The molecule has 0 aromatic heterocycles. The Kier molecular flexibility index (Phi) is 10.6. The number of primary amides is 1. The molecule has 1 unspecified atom stereocenters. The Balaban J connectivity index is 0. The average molecular weight is 169 g/mol. The molecule has 62 valence electrons. The van der Waals surface area contributed by atoms with E-state index < -0.39 is 8.25 Å². The second-order valence-electron chi connectivity index (χ2n) is 1.29. The van der Waals surface area contributed by atoms with Crippen molar-refractivity contribution in [2.24, 2.45) is 5.73 Å². The van der Waals surface area contributed by atoms with E-state index in [9.17, 15) is 9.36 Å². The van der Waals surface area contributed by atoms with E-state index in [1.165, 1.54) is 7.11 Å². The fraction of sp³-hybridized carbons (Fsp3) is 0.750. The minimum atomic E-state index is -2.62. The highest BCUT2D eigenvalue weighted by Crippen LogP contribution is 2.09. The molecule has 0 heterocycles. The number of nitrogens with two attached hydrogens (primary N) is 1. The fourth-order valence-electron chi connectivity index (χ4n) is 0. The van der Waals surface area contributed by atoms with Crippen molar-refractivity contribution < 1.29 is 18.8 Å². The Morgan fingerprint density at radius 2 is 2.00 bits per heavy atom. The molecular weight excluding hydrogens is 157 g/mol. The summed E-state index contributed by atoms with van der Waals surface area (Å²) in [6, 6.07) is 0. The van der Waals surface area contributed by atoms with Crippen molar-refractivity contribution in [1.29, 1.82) is 0 Å². The summed E-state index contributed by atoms with van der Waals surface area (Å²) in [4.78, 5) is 17.3. The van der Waals surface area contributed by atoms with Crippen molar-refractivity contribution in [3.8, 4) is 0 Å². The number of amides is 1. The number of carbonyl (C=O) groups is 1. The molecule has 10 heavy (non-hydrogen) atoms. The van der Waals surface area contributed by atoms with Gasteiger partial charge in [0.25, 0.3) is 0 Å². The monoisotopic (exact) mass is 169 g/mol. The third-order valence-corrected chi connectivity index (χ3v) is 0.872. The van der Waals surface area contributed by atoms with Gasteiger partial charge in [0.05, 0.1) is 0 Å². The molecule has 0 spiro atoms. The van der Waals surface area contributed by atoms with Crippen molar-refractivity contribution in [3.63, 3.8) is 0 Å². The molecular formula is C4H12NO4P. The molecule has 0 aliphatic carbocycles.